The van der Waals surface area contributed by atoms with E-state index in [1.807, 2.05) is 24.3 Å². The largest absolute Gasteiger partial charge is 0.349 e. The van der Waals surface area contributed by atoms with E-state index >= 15 is 0 Å². The average Bonchev–Trinajstić information content (AvgIpc) is 3.23. The van der Waals surface area contributed by atoms with Crippen LogP contribution in [-0.4, -0.2) is 31.5 Å². The quantitative estimate of drug-likeness (QED) is 0.791. The first-order chi connectivity index (χ1) is 10.3. The maximum atomic E-state index is 12.2. The third-order valence-corrected chi connectivity index (χ3v) is 3.49. The van der Waals surface area contributed by atoms with Gasteiger partial charge in [0.25, 0.3) is 5.91 Å². The highest BCUT2D eigenvalue weighted by Gasteiger charge is 2.25. The van der Waals surface area contributed by atoms with Gasteiger partial charge in [0.2, 0.25) is 0 Å². The SMILES string of the molecule is O=C(NC1CC1)c1cnn2c(-c3ccccn3)ccnc12. The molecule has 3 aromatic rings. The zero-order valence-electron chi connectivity index (χ0n) is 11.2. The lowest BCUT2D eigenvalue weighted by Gasteiger charge is -2.04. The molecular weight excluding hydrogens is 266 g/mol. The van der Waals surface area contributed by atoms with Crippen LogP contribution in [0.4, 0.5) is 0 Å². The average molecular weight is 279 g/mol. The van der Waals surface area contributed by atoms with Gasteiger partial charge in [-0.05, 0) is 31.0 Å². The zero-order valence-corrected chi connectivity index (χ0v) is 11.2. The smallest absolute Gasteiger partial charge is 0.256 e. The molecule has 0 aromatic carbocycles. The number of carbonyl (C=O) groups excluding carboxylic acids is 1. The fourth-order valence-corrected chi connectivity index (χ4v) is 2.25. The molecule has 6 nitrogen and oxygen atoms in total. The van der Waals surface area contributed by atoms with Crippen molar-refractivity contribution in [2.24, 2.45) is 0 Å². The Morgan fingerprint density at radius 2 is 2.10 bits per heavy atom. The summed E-state index contributed by atoms with van der Waals surface area (Å²) in [4.78, 5) is 20.8. The molecule has 0 spiro atoms. The van der Waals surface area contributed by atoms with E-state index < -0.39 is 0 Å². The highest BCUT2D eigenvalue weighted by atomic mass is 16.1. The standard InChI is InChI=1S/C15H13N5O/c21-15(19-10-4-5-10)11-9-18-20-13(6-8-17-14(11)20)12-3-1-2-7-16-12/h1-3,6-10H,4-5H2,(H,19,21). The van der Waals surface area contributed by atoms with Crippen LogP contribution in [0.5, 0.6) is 0 Å². The first-order valence-corrected chi connectivity index (χ1v) is 6.88. The first kappa shape index (κ1) is 12.0. The minimum Gasteiger partial charge on any atom is -0.349 e. The molecule has 6 heteroatoms. The lowest BCUT2D eigenvalue weighted by Crippen LogP contribution is -2.25. The zero-order chi connectivity index (χ0) is 14.2. The summed E-state index contributed by atoms with van der Waals surface area (Å²) in [5, 5.41) is 7.26. The summed E-state index contributed by atoms with van der Waals surface area (Å²) in [5.74, 6) is -0.113. The van der Waals surface area contributed by atoms with Crippen LogP contribution < -0.4 is 5.32 Å². The van der Waals surface area contributed by atoms with Crippen molar-refractivity contribution in [1.29, 1.82) is 0 Å². The minimum absolute atomic E-state index is 0.113. The van der Waals surface area contributed by atoms with E-state index in [1.165, 1.54) is 0 Å². The number of pyridine rings is 1. The van der Waals surface area contributed by atoms with Gasteiger partial charge in [0.05, 0.1) is 17.6 Å². The second-order valence-corrected chi connectivity index (χ2v) is 5.09. The Hall–Kier alpha value is -2.76. The Morgan fingerprint density at radius 1 is 1.19 bits per heavy atom. The Labute approximate surface area is 120 Å². The lowest BCUT2D eigenvalue weighted by molar-refractivity contribution is 0.0952. The number of hydrogen-bond acceptors (Lipinski definition) is 4. The van der Waals surface area contributed by atoms with E-state index in [0.29, 0.717) is 17.3 Å². The Morgan fingerprint density at radius 3 is 2.86 bits per heavy atom. The third-order valence-electron chi connectivity index (χ3n) is 3.49. The van der Waals surface area contributed by atoms with Crippen molar-refractivity contribution in [3.63, 3.8) is 0 Å². The van der Waals surface area contributed by atoms with Gasteiger partial charge in [0.1, 0.15) is 5.56 Å². The number of hydrogen-bond donors (Lipinski definition) is 1. The summed E-state index contributed by atoms with van der Waals surface area (Å²) in [6, 6.07) is 7.83. The van der Waals surface area contributed by atoms with Gasteiger partial charge in [-0.15, -0.1) is 0 Å². The van der Waals surface area contributed by atoms with E-state index in [9.17, 15) is 4.79 Å². The van der Waals surface area contributed by atoms with Gasteiger partial charge < -0.3 is 5.32 Å². The van der Waals surface area contributed by atoms with Crippen LogP contribution in [0.25, 0.3) is 17.0 Å². The number of fused-ring (bicyclic) bond motifs is 1. The maximum absolute atomic E-state index is 12.2. The number of nitrogens with zero attached hydrogens (tertiary/aromatic N) is 4. The Kier molecular flexibility index (Phi) is 2.67. The summed E-state index contributed by atoms with van der Waals surface area (Å²) in [6.07, 6.45) is 7.07. The first-order valence-electron chi connectivity index (χ1n) is 6.88. The van der Waals surface area contributed by atoms with Crippen LogP contribution in [-0.2, 0) is 0 Å². The minimum atomic E-state index is -0.113. The predicted octanol–water partition coefficient (Wildman–Crippen LogP) is 1.68. The molecule has 1 aliphatic rings. The van der Waals surface area contributed by atoms with Gasteiger partial charge in [-0.25, -0.2) is 9.50 Å². The number of carbonyl (C=O) groups is 1. The van der Waals surface area contributed by atoms with E-state index in [0.717, 1.165) is 24.2 Å². The van der Waals surface area contributed by atoms with Crippen LogP contribution in [0.3, 0.4) is 0 Å². The summed E-state index contributed by atoms with van der Waals surface area (Å²) in [7, 11) is 0. The third kappa shape index (κ3) is 2.14. The molecule has 1 N–H and O–H groups in total. The fraction of sp³-hybridized carbons (Fsp3) is 0.200. The van der Waals surface area contributed by atoms with Gasteiger partial charge in [-0.1, -0.05) is 6.07 Å². The number of nitrogens with one attached hydrogen (secondary N) is 1. The molecule has 4 rings (SSSR count). The van der Waals surface area contributed by atoms with E-state index in [4.69, 9.17) is 0 Å². The van der Waals surface area contributed by atoms with Crippen molar-refractivity contribution in [2.45, 2.75) is 18.9 Å². The second kappa shape index (κ2) is 4.66. The summed E-state index contributed by atoms with van der Waals surface area (Å²) in [6.45, 7) is 0. The molecule has 0 unspecified atom stereocenters. The topological polar surface area (TPSA) is 72.2 Å². The van der Waals surface area contributed by atoms with Crippen molar-refractivity contribution < 1.29 is 4.79 Å². The molecule has 3 heterocycles. The van der Waals surface area contributed by atoms with Gasteiger partial charge >= 0.3 is 0 Å². The molecule has 3 aromatic heterocycles. The Balaban J connectivity index is 1.80. The fourth-order valence-electron chi connectivity index (χ4n) is 2.25. The molecule has 0 saturated heterocycles. The Bertz CT molecular complexity index is 807. The molecule has 1 fully saturated rings. The van der Waals surface area contributed by atoms with Crippen LogP contribution in [0, 0.1) is 0 Å². The van der Waals surface area contributed by atoms with Crippen LogP contribution in [0.15, 0.2) is 42.9 Å². The second-order valence-electron chi connectivity index (χ2n) is 5.09. The van der Waals surface area contributed by atoms with Crippen molar-refractivity contribution in [3.05, 3.63) is 48.4 Å². The van der Waals surface area contributed by atoms with E-state index in [2.05, 4.69) is 20.4 Å². The van der Waals surface area contributed by atoms with Gasteiger partial charge in [0, 0.05) is 18.4 Å². The maximum Gasteiger partial charge on any atom is 0.256 e. The molecular formula is C15H13N5O. The van der Waals surface area contributed by atoms with Gasteiger partial charge in [0.15, 0.2) is 5.65 Å². The molecule has 104 valence electrons. The molecule has 0 atom stereocenters. The lowest BCUT2D eigenvalue weighted by atomic mass is 10.2. The summed E-state index contributed by atoms with van der Waals surface area (Å²) < 4.78 is 1.66. The molecule has 1 amide bonds. The highest BCUT2D eigenvalue weighted by molar-refractivity contribution is 6.00. The van der Waals surface area contributed by atoms with Crippen LogP contribution in [0.2, 0.25) is 0 Å². The number of amides is 1. The molecule has 21 heavy (non-hydrogen) atoms. The van der Waals surface area contributed by atoms with Crippen LogP contribution >= 0.6 is 0 Å². The highest BCUT2D eigenvalue weighted by Crippen LogP contribution is 2.21. The normalized spacial score (nSPS) is 14.3. The number of rotatable bonds is 3. The monoisotopic (exact) mass is 279 g/mol. The molecule has 0 aliphatic heterocycles. The van der Waals surface area contributed by atoms with Gasteiger partial charge in [-0.2, -0.15) is 5.10 Å². The summed E-state index contributed by atoms with van der Waals surface area (Å²) >= 11 is 0. The predicted molar refractivity (Wildman–Crippen MR) is 76.7 cm³/mol. The van der Waals surface area contributed by atoms with Crippen molar-refractivity contribution in [1.82, 2.24) is 24.9 Å². The van der Waals surface area contributed by atoms with Crippen LogP contribution in [0.1, 0.15) is 23.2 Å². The van der Waals surface area contributed by atoms with Crippen molar-refractivity contribution >= 4 is 11.6 Å². The summed E-state index contributed by atoms with van der Waals surface area (Å²) in [5.41, 5.74) is 2.66. The van der Waals surface area contributed by atoms with E-state index in [-0.39, 0.29) is 5.91 Å². The molecule has 1 saturated carbocycles. The number of aromatic nitrogens is 4. The molecule has 0 bridgehead atoms. The van der Waals surface area contributed by atoms with E-state index in [1.54, 1.807) is 23.1 Å². The molecule has 0 radical (unpaired) electrons. The van der Waals surface area contributed by atoms with Gasteiger partial charge in [-0.3, -0.25) is 9.78 Å². The van der Waals surface area contributed by atoms with Crippen molar-refractivity contribution in [2.75, 3.05) is 0 Å². The van der Waals surface area contributed by atoms with Crippen molar-refractivity contribution in [3.8, 4) is 11.4 Å². The molecule has 1 aliphatic carbocycles.